The molecule has 204 valence electrons. The van der Waals surface area contributed by atoms with Crippen LogP contribution in [0.3, 0.4) is 0 Å². The molecule has 0 aliphatic carbocycles. The first-order valence-corrected chi connectivity index (χ1v) is 14.6. The Bertz CT molecular complexity index is 1190. The first kappa shape index (κ1) is 30.7. The summed E-state index contributed by atoms with van der Waals surface area (Å²) in [4.78, 5) is 27.7. The summed E-state index contributed by atoms with van der Waals surface area (Å²) in [6.07, 6.45) is 2.13. The van der Waals surface area contributed by atoms with E-state index in [0.29, 0.717) is 21.5 Å². The van der Waals surface area contributed by atoms with Crippen LogP contribution in [0.1, 0.15) is 45.6 Å². The normalized spacial score (nSPS) is 12.9. The lowest BCUT2D eigenvalue weighted by atomic mass is 10.1. The summed E-state index contributed by atoms with van der Waals surface area (Å²) in [7, 11) is -2.17. The topological polar surface area (TPSA) is 96.0 Å². The number of carbonyl (C=O) groups excluding carboxylic acids is 2. The monoisotopic (exact) mass is 571 g/mol. The van der Waals surface area contributed by atoms with Gasteiger partial charge in [0.2, 0.25) is 21.8 Å². The summed E-state index contributed by atoms with van der Waals surface area (Å²) in [5, 5.41) is 3.66. The predicted octanol–water partition coefficient (Wildman–Crippen LogP) is 4.88. The van der Waals surface area contributed by atoms with Crippen molar-refractivity contribution >= 4 is 50.7 Å². The highest BCUT2D eigenvalue weighted by atomic mass is 35.5. The molecule has 11 heteroatoms. The number of halogens is 2. The molecule has 0 heterocycles. The molecule has 0 fully saturated rings. The largest absolute Gasteiger partial charge is 0.495 e. The van der Waals surface area contributed by atoms with Crippen LogP contribution in [0.15, 0.2) is 42.5 Å². The summed E-state index contributed by atoms with van der Waals surface area (Å²) in [6, 6.07) is 11.1. The zero-order valence-electron chi connectivity index (χ0n) is 21.8. The maximum Gasteiger partial charge on any atom is 0.242 e. The van der Waals surface area contributed by atoms with Crippen LogP contribution < -0.4 is 14.4 Å². The van der Waals surface area contributed by atoms with E-state index in [9.17, 15) is 18.0 Å². The number of nitrogens with zero attached hydrogens (tertiary/aromatic N) is 2. The van der Waals surface area contributed by atoms with Crippen molar-refractivity contribution in [3.05, 3.63) is 58.1 Å². The minimum Gasteiger partial charge on any atom is -0.495 e. The number of amides is 2. The van der Waals surface area contributed by atoms with Crippen LogP contribution in [0.25, 0.3) is 0 Å². The molecule has 0 saturated heterocycles. The van der Waals surface area contributed by atoms with Gasteiger partial charge in [0.25, 0.3) is 0 Å². The highest BCUT2D eigenvalue weighted by molar-refractivity contribution is 7.92. The summed E-state index contributed by atoms with van der Waals surface area (Å²) >= 11 is 12.2. The van der Waals surface area contributed by atoms with Crippen LogP contribution in [-0.4, -0.2) is 57.1 Å². The van der Waals surface area contributed by atoms with Gasteiger partial charge in [-0.25, -0.2) is 8.42 Å². The number of methoxy groups -OCH3 is 1. The molecule has 0 aliphatic heterocycles. The van der Waals surface area contributed by atoms with Crippen molar-refractivity contribution in [2.24, 2.45) is 0 Å². The zero-order valence-corrected chi connectivity index (χ0v) is 24.2. The van der Waals surface area contributed by atoms with Crippen LogP contribution in [0.2, 0.25) is 10.0 Å². The number of benzene rings is 2. The molecule has 0 saturated carbocycles. The number of para-hydroxylation sites is 2. The summed E-state index contributed by atoms with van der Waals surface area (Å²) in [5.41, 5.74) is 1.12. The van der Waals surface area contributed by atoms with Crippen LogP contribution in [0, 0.1) is 0 Å². The molecule has 0 aliphatic rings. The van der Waals surface area contributed by atoms with Gasteiger partial charge in [-0.05, 0) is 56.5 Å². The van der Waals surface area contributed by atoms with Crippen molar-refractivity contribution in [1.82, 2.24) is 10.2 Å². The van der Waals surface area contributed by atoms with E-state index < -0.39 is 16.1 Å². The minimum atomic E-state index is -3.64. The van der Waals surface area contributed by atoms with E-state index in [2.05, 4.69) is 5.32 Å². The molecule has 2 unspecified atom stereocenters. The SMILES string of the molecule is CCC(C)NC(=O)C(C)N(Cc1ccc(Cl)c(Cl)c1)C(=O)CCCN(c1ccccc1OC)S(C)(=O)=O. The maximum absolute atomic E-state index is 13.4. The summed E-state index contributed by atoms with van der Waals surface area (Å²) < 4.78 is 31.6. The molecule has 8 nitrogen and oxygen atoms in total. The van der Waals surface area contributed by atoms with Crippen LogP contribution in [-0.2, 0) is 26.2 Å². The highest BCUT2D eigenvalue weighted by Gasteiger charge is 2.28. The van der Waals surface area contributed by atoms with Gasteiger partial charge in [0.05, 0.1) is 29.1 Å². The molecule has 0 bridgehead atoms. The van der Waals surface area contributed by atoms with Crippen LogP contribution >= 0.6 is 23.2 Å². The van der Waals surface area contributed by atoms with Crippen molar-refractivity contribution in [1.29, 1.82) is 0 Å². The van der Waals surface area contributed by atoms with Crippen molar-refractivity contribution in [3.8, 4) is 5.75 Å². The Hall–Kier alpha value is -2.49. The molecule has 0 spiro atoms. The van der Waals surface area contributed by atoms with Gasteiger partial charge in [-0.15, -0.1) is 0 Å². The molecule has 2 amide bonds. The second-order valence-corrected chi connectivity index (χ2v) is 11.6. The third-order valence-electron chi connectivity index (χ3n) is 6.01. The van der Waals surface area contributed by atoms with Crippen LogP contribution in [0.4, 0.5) is 5.69 Å². The van der Waals surface area contributed by atoms with Crippen molar-refractivity contribution < 1.29 is 22.7 Å². The third kappa shape index (κ3) is 8.79. The highest BCUT2D eigenvalue weighted by Crippen LogP contribution is 2.30. The minimum absolute atomic E-state index is 0.0312. The molecule has 2 rings (SSSR count). The van der Waals surface area contributed by atoms with E-state index in [0.717, 1.165) is 18.2 Å². The summed E-state index contributed by atoms with van der Waals surface area (Å²) in [6.45, 7) is 5.74. The molecular weight excluding hydrogens is 537 g/mol. The molecule has 37 heavy (non-hydrogen) atoms. The Morgan fingerprint density at radius 2 is 1.76 bits per heavy atom. The number of sulfonamides is 1. The van der Waals surface area contributed by atoms with E-state index in [-0.39, 0.29) is 43.8 Å². The van der Waals surface area contributed by atoms with Gasteiger partial charge in [-0.2, -0.15) is 0 Å². The Morgan fingerprint density at radius 3 is 2.35 bits per heavy atom. The second-order valence-electron chi connectivity index (χ2n) is 8.87. The predicted molar refractivity (Wildman–Crippen MR) is 149 cm³/mol. The van der Waals surface area contributed by atoms with E-state index in [4.69, 9.17) is 27.9 Å². The fourth-order valence-electron chi connectivity index (χ4n) is 3.70. The van der Waals surface area contributed by atoms with Crippen molar-refractivity contribution in [2.45, 2.75) is 58.7 Å². The van der Waals surface area contributed by atoms with Gasteiger partial charge in [0.1, 0.15) is 11.8 Å². The number of nitrogens with one attached hydrogen (secondary N) is 1. The third-order valence-corrected chi connectivity index (χ3v) is 7.93. The Morgan fingerprint density at radius 1 is 1.08 bits per heavy atom. The zero-order chi connectivity index (χ0) is 27.8. The molecule has 2 aromatic rings. The molecule has 1 N–H and O–H groups in total. The Kier molecular flexibility index (Phi) is 11.5. The average Bonchev–Trinajstić information content (AvgIpc) is 2.85. The smallest absolute Gasteiger partial charge is 0.242 e. The van der Waals surface area contributed by atoms with Crippen LogP contribution in [0.5, 0.6) is 5.75 Å². The first-order chi connectivity index (χ1) is 17.4. The van der Waals surface area contributed by atoms with Gasteiger partial charge >= 0.3 is 0 Å². The lowest BCUT2D eigenvalue weighted by Crippen LogP contribution is -2.49. The Balaban J connectivity index is 2.23. The maximum atomic E-state index is 13.4. The van der Waals surface area contributed by atoms with Gasteiger partial charge < -0.3 is 15.0 Å². The number of carbonyl (C=O) groups is 2. The second kappa shape index (κ2) is 13.9. The fraction of sp³-hybridized carbons (Fsp3) is 0.462. The number of hydrogen-bond acceptors (Lipinski definition) is 5. The van der Waals surface area contributed by atoms with E-state index in [1.54, 1.807) is 49.4 Å². The standard InChI is InChI=1S/C26H35Cl2N3O5S/c1-6-18(2)29-26(33)19(3)30(17-20-13-14-21(27)22(28)16-20)25(32)12-9-15-31(37(5,34)35)23-10-7-8-11-24(23)36-4/h7-8,10-11,13-14,16,18-19H,6,9,12,15,17H2,1-5H3,(H,29,33). The molecular formula is C26H35Cl2N3O5S. The lowest BCUT2D eigenvalue weighted by Gasteiger charge is -2.30. The van der Waals surface area contributed by atoms with Gasteiger partial charge in [0.15, 0.2) is 0 Å². The number of ether oxygens (including phenoxy) is 1. The average molecular weight is 573 g/mol. The van der Waals surface area contributed by atoms with Gasteiger partial charge in [0, 0.05) is 25.6 Å². The van der Waals surface area contributed by atoms with E-state index in [1.807, 2.05) is 13.8 Å². The first-order valence-electron chi connectivity index (χ1n) is 12.0. The molecule has 0 aromatic heterocycles. The van der Waals surface area contributed by atoms with E-state index >= 15 is 0 Å². The molecule has 0 radical (unpaired) electrons. The van der Waals surface area contributed by atoms with Crippen molar-refractivity contribution in [3.63, 3.8) is 0 Å². The summed E-state index contributed by atoms with van der Waals surface area (Å²) in [5.74, 6) is -0.142. The number of hydrogen-bond donors (Lipinski definition) is 1. The Labute approximate surface area is 229 Å². The van der Waals surface area contributed by atoms with Gasteiger partial charge in [-0.3, -0.25) is 13.9 Å². The lowest BCUT2D eigenvalue weighted by molar-refractivity contribution is -0.140. The quantitative estimate of drug-likeness (QED) is 0.369. The molecule has 2 atom stereocenters. The fourth-order valence-corrected chi connectivity index (χ4v) is 4.99. The van der Waals surface area contributed by atoms with Crippen molar-refractivity contribution in [2.75, 3.05) is 24.2 Å². The number of rotatable bonds is 13. The molecule has 2 aromatic carbocycles. The van der Waals surface area contributed by atoms with E-state index in [1.165, 1.54) is 16.3 Å². The van der Waals surface area contributed by atoms with Gasteiger partial charge in [-0.1, -0.05) is 48.3 Å². The number of anilines is 1.